The smallest absolute Gasteiger partial charge is 0.340 e. The average molecular weight is 273 g/mol. The van der Waals surface area contributed by atoms with Gasteiger partial charge in [0.15, 0.2) is 11.6 Å². The molecule has 0 spiro atoms. The van der Waals surface area contributed by atoms with Crippen molar-refractivity contribution >= 4 is 16.9 Å². The number of fused-ring (bicyclic) bond motifs is 1. The first-order chi connectivity index (χ1) is 9.59. The van der Waals surface area contributed by atoms with Crippen molar-refractivity contribution in [1.82, 2.24) is 9.78 Å². The third-order valence-electron chi connectivity index (χ3n) is 3.03. The molecule has 2 aromatic carbocycles. The van der Waals surface area contributed by atoms with Gasteiger partial charge in [-0.3, -0.25) is 0 Å². The number of hydrogen-bond acceptors (Lipinski definition) is 2. The highest BCUT2D eigenvalue weighted by atomic mass is 19.2. The van der Waals surface area contributed by atoms with Crippen molar-refractivity contribution in [2.24, 2.45) is 5.73 Å². The number of amides is 1. The maximum Gasteiger partial charge on any atom is 0.340 e. The summed E-state index contributed by atoms with van der Waals surface area (Å²) >= 11 is 0. The van der Waals surface area contributed by atoms with Crippen molar-refractivity contribution in [3.63, 3.8) is 0 Å². The fourth-order valence-corrected chi connectivity index (χ4v) is 2.12. The van der Waals surface area contributed by atoms with Crippen molar-refractivity contribution in [2.45, 2.75) is 0 Å². The molecular weight excluding hydrogens is 264 g/mol. The molecule has 20 heavy (non-hydrogen) atoms. The molecule has 0 aliphatic rings. The van der Waals surface area contributed by atoms with Gasteiger partial charge >= 0.3 is 6.03 Å². The van der Waals surface area contributed by atoms with Crippen LogP contribution in [0.3, 0.4) is 0 Å². The molecule has 100 valence electrons. The molecule has 4 nitrogen and oxygen atoms in total. The Bertz CT molecular complexity index is 812. The molecule has 3 aromatic rings. The molecular formula is C14H9F2N3O. The lowest BCUT2D eigenvalue weighted by Gasteiger charge is -2.06. The minimum atomic E-state index is -1.14. The topological polar surface area (TPSA) is 60.9 Å². The Labute approximate surface area is 112 Å². The number of benzene rings is 2. The molecule has 0 fully saturated rings. The molecule has 0 aliphatic carbocycles. The first-order valence-corrected chi connectivity index (χ1v) is 5.80. The predicted molar refractivity (Wildman–Crippen MR) is 70.1 cm³/mol. The van der Waals surface area contributed by atoms with E-state index in [-0.39, 0.29) is 11.1 Å². The summed E-state index contributed by atoms with van der Waals surface area (Å²) in [5, 5.41) is 3.97. The number of nitrogens with two attached hydrogens (primary N) is 1. The Hall–Kier alpha value is -2.76. The van der Waals surface area contributed by atoms with Crippen LogP contribution in [0.1, 0.15) is 0 Å². The van der Waals surface area contributed by atoms with Crippen LogP contribution < -0.4 is 5.73 Å². The van der Waals surface area contributed by atoms with E-state index in [9.17, 15) is 13.6 Å². The molecule has 0 radical (unpaired) electrons. The zero-order valence-corrected chi connectivity index (χ0v) is 10.2. The van der Waals surface area contributed by atoms with Gasteiger partial charge in [-0.25, -0.2) is 13.6 Å². The molecule has 1 aromatic heterocycles. The third kappa shape index (κ3) is 1.73. The van der Waals surface area contributed by atoms with E-state index in [4.69, 9.17) is 5.73 Å². The largest absolute Gasteiger partial charge is 0.350 e. The first-order valence-electron chi connectivity index (χ1n) is 5.80. The maximum absolute atomic E-state index is 14.2. The lowest BCUT2D eigenvalue weighted by molar-refractivity contribution is 0.248. The monoisotopic (exact) mass is 273 g/mol. The van der Waals surface area contributed by atoms with Gasteiger partial charge in [0, 0.05) is 10.9 Å². The fraction of sp³-hybridized carbons (Fsp3) is 0. The van der Waals surface area contributed by atoms with Crippen molar-refractivity contribution < 1.29 is 13.6 Å². The molecule has 1 heterocycles. The normalized spacial score (nSPS) is 10.9. The Balaban J connectivity index is 2.33. The first kappa shape index (κ1) is 12.3. The Kier molecular flexibility index (Phi) is 2.71. The number of nitrogens with zero attached hydrogens (tertiary/aromatic N) is 2. The predicted octanol–water partition coefficient (Wildman–Crippen LogP) is 2.91. The molecule has 0 saturated heterocycles. The van der Waals surface area contributed by atoms with E-state index in [1.807, 2.05) is 0 Å². The van der Waals surface area contributed by atoms with E-state index in [0.29, 0.717) is 15.6 Å². The second-order valence-electron chi connectivity index (χ2n) is 4.25. The standard InChI is InChI=1S/C14H9F2N3O/c15-11-10(8-4-2-1-3-5-8)6-9-7-18-19(14(17)20)13(9)12(11)16/h1-7H,(H2,17,20). The summed E-state index contributed by atoms with van der Waals surface area (Å²) in [6, 6.07) is 9.04. The van der Waals surface area contributed by atoms with Gasteiger partial charge in [-0.05, 0) is 11.6 Å². The average Bonchev–Trinajstić information content (AvgIpc) is 2.88. The van der Waals surface area contributed by atoms with Crippen LogP contribution in [0.2, 0.25) is 0 Å². The molecule has 0 aliphatic heterocycles. The summed E-state index contributed by atoms with van der Waals surface area (Å²) < 4.78 is 29.0. The Morgan fingerprint density at radius 3 is 2.50 bits per heavy atom. The van der Waals surface area contributed by atoms with Crippen LogP contribution in [0.25, 0.3) is 22.0 Å². The molecule has 3 rings (SSSR count). The van der Waals surface area contributed by atoms with Gasteiger partial charge in [-0.15, -0.1) is 0 Å². The minimum absolute atomic E-state index is 0.111. The summed E-state index contributed by atoms with van der Waals surface area (Å²) in [6.45, 7) is 0. The van der Waals surface area contributed by atoms with Crippen LogP contribution in [-0.2, 0) is 0 Å². The summed E-state index contributed by atoms with van der Waals surface area (Å²) in [6.07, 6.45) is 1.27. The number of halogens is 2. The van der Waals surface area contributed by atoms with E-state index in [1.54, 1.807) is 30.3 Å². The maximum atomic E-state index is 14.2. The number of hydrogen-bond donors (Lipinski definition) is 1. The highest BCUT2D eigenvalue weighted by Crippen LogP contribution is 2.30. The van der Waals surface area contributed by atoms with Gasteiger partial charge in [-0.1, -0.05) is 30.3 Å². The molecule has 0 unspecified atom stereocenters. The Morgan fingerprint density at radius 2 is 1.85 bits per heavy atom. The summed E-state index contributed by atoms with van der Waals surface area (Å²) in [4.78, 5) is 11.1. The van der Waals surface area contributed by atoms with Crippen molar-refractivity contribution in [3.8, 4) is 11.1 Å². The zero-order chi connectivity index (χ0) is 14.3. The van der Waals surface area contributed by atoms with Gasteiger partial charge in [0.2, 0.25) is 0 Å². The van der Waals surface area contributed by atoms with Crippen LogP contribution in [0.15, 0.2) is 42.6 Å². The van der Waals surface area contributed by atoms with E-state index in [0.717, 1.165) is 0 Å². The van der Waals surface area contributed by atoms with Crippen LogP contribution in [0.5, 0.6) is 0 Å². The van der Waals surface area contributed by atoms with Gasteiger partial charge in [0.25, 0.3) is 0 Å². The minimum Gasteiger partial charge on any atom is -0.350 e. The molecule has 0 bridgehead atoms. The van der Waals surface area contributed by atoms with Crippen LogP contribution >= 0.6 is 0 Å². The Morgan fingerprint density at radius 1 is 1.15 bits per heavy atom. The van der Waals surface area contributed by atoms with E-state index in [1.165, 1.54) is 12.3 Å². The second kappa shape index (κ2) is 4.41. The lowest BCUT2D eigenvalue weighted by atomic mass is 10.0. The van der Waals surface area contributed by atoms with Crippen molar-refractivity contribution in [1.29, 1.82) is 0 Å². The van der Waals surface area contributed by atoms with E-state index >= 15 is 0 Å². The highest BCUT2D eigenvalue weighted by molar-refractivity contribution is 5.92. The van der Waals surface area contributed by atoms with Crippen LogP contribution in [0.4, 0.5) is 13.6 Å². The number of aromatic nitrogens is 2. The molecule has 6 heteroatoms. The SMILES string of the molecule is NC(=O)n1ncc2cc(-c3ccccc3)c(F)c(F)c21. The number of carbonyl (C=O) groups excluding carboxylic acids is 1. The zero-order valence-electron chi connectivity index (χ0n) is 10.2. The third-order valence-corrected chi connectivity index (χ3v) is 3.03. The number of carbonyl (C=O) groups is 1. The van der Waals surface area contributed by atoms with Crippen molar-refractivity contribution in [3.05, 3.63) is 54.2 Å². The van der Waals surface area contributed by atoms with Gasteiger partial charge in [0.1, 0.15) is 5.52 Å². The fourth-order valence-electron chi connectivity index (χ4n) is 2.12. The van der Waals surface area contributed by atoms with Crippen LogP contribution in [-0.4, -0.2) is 15.8 Å². The summed E-state index contributed by atoms with van der Waals surface area (Å²) in [5.41, 5.74) is 5.46. The summed E-state index contributed by atoms with van der Waals surface area (Å²) in [7, 11) is 0. The summed E-state index contributed by atoms with van der Waals surface area (Å²) in [5.74, 6) is -2.18. The van der Waals surface area contributed by atoms with Gasteiger partial charge in [0.05, 0.1) is 6.20 Å². The van der Waals surface area contributed by atoms with Crippen LogP contribution in [0, 0.1) is 11.6 Å². The highest BCUT2D eigenvalue weighted by Gasteiger charge is 2.20. The van der Waals surface area contributed by atoms with Gasteiger partial charge < -0.3 is 5.73 Å². The van der Waals surface area contributed by atoms with Crippen molar-refractivity contribution in [2.75, 3.05) is 0 Å². The molecule has 0 atom stereocenters. The molecule has 0 saturated carbocycles. The lowest BCUT2D eigenvalue weighted by Crippen LogP contribution is -2.21. The quantitative estimate of drug-likeness (QED) is 0.741. The van der Waals surface area contributed by atoms with Gasteiger partial charge in [-0.2, -0.15) is 9.78 Å². The second-order valence-corrected chi connectivity index (χ2v) is 4.25. The number of primary amides is 1. The molecule has 2 N–H and O–H groups in total. The van der Waals surface area contributed by atoms with E-state index in [2.05, 4.69) is 5.10 Å². The molecule has 1 amide bonds. The van der Waals surface area contributed by atoms with E-state index < -0.39 is 17.7 Å². The number of rotatable bonds is 1.